The van der Waals surface area contributed by atoms with Crippen LogP contribution in [0.3, 0.4) is 0 Å². The Morgan fingerprint density at radius 2 is 2.10 bits per heavy atom. The minimum absolute atomic E-state index is 0.0454. The van der Waals surface area contributed by atoms with Gasteiger partial charge >= 0.3 is 0 Å². The molecule has 3 heterocycles. The summed E-state index contributed by atoms with van der Waals surface area (Å²) in [5, 5.41) is 28.9. The summed E-state index contributed by atoms with van der Waals surface area (Å²) in [6.45, 7) is -0.417. The van der Waals surface area contributed by atoms with Crippen molar-refractivity contribution in [3.05, 3.63) is 11.5 Å². The van der Waals surface area contributed by atoms with Crippen LogP contribution in [-0.4, -0.2) is 59.8 Å². The molecule has 1 saturated heterocycles. The predicted molar refractivity (Wildman–Crippen MR) is 67.8 cm³/mol. The number of halogens is 1. The molecule has 10 heteroatoms. The van der Waals surface area contributed by atoms with Crippen LogP contribution in [0.1, 0.15) is 6.23 Å². The maximum Gasteiger partial charge on any atom is 0.223 e. The fourth-order valence-corrected chi connectivity index (χ4v) is 2.41. The molecule has 3 rings (SSSR count). The average Bonchev–Trinajstić information content (AvgIpc) is 2.93. The molecule has 0 spiro atoms. The van der Waals surface area contributed by atoms with Crippen LogP contribution in [0, 0.1) is 0 Å². The van der Waals surface area contributed by atoms with Gasteiger partial charge in [-0.1, -0.05) is 11.6 Å². The molecule has 20 heavy (non-hydrogen) atoms. The largest absolute Gasteiger partial charge is 0.394 e. The van der Waals surface area contributed by atoms with Gasteiger partial charge in [0, 0.05) is 0 Å². The Hall–Kier alpha value is -1.52. The first-order valence-corrected chi connectivity index (χ1v) is 6.18. The monoisotopic (exact) mass is 301 g/mol. The van der Waals surface area contributed by atoms with Gasteiger partial charge in [-0.25, -0.2) is 4.98 Å². The van der Waals surface area contributed by atoms with E-state index in [-0.39, 0.29) is 16.7 Å². The van der Waals surface area contributed by atoms with E-state index in [9.17, 15) is 10.2 Å². The third-order valence-corrected chi connectivity index (χ3v) is 3.45. The van der Waals surface area contributed by atoms with Gasteiger partial charge in [-0.05, 0) is 0 Å². The van der Waals surface area contributed by atoms with Crippen molar-refractivity contribution in [2.45, 2.75) is 24.5 Å². The number of aromatic nitrogens is 4. The third kappa shape index (κ3) is 1.91. The first-order chi connectivity index (χ1) is 9.52. The second-order valence-corrected chi connectivity index (χ2v) is 4.78. The minimum atomic E-state index is -1.24. The maximum atomic E-state index is 9.99. The molecule has 2 aromatic rings. The lowest BCUT2D eigenvalue weighted by molar-refractivity contribution is -0.0511. The van der Waals surface area contributed by atoms with Gasteiger partial charge in [0.1, 0.15) is 23.8 Å². The van der Waals surface area contributed by atoms with Gasteiger partial charge in [-0.3, -0.25) is 4.57 Å². The van der Waals surface area contributed by atoms with Crippen molar-refractivity contribution in [2.75, 3.05) is 12.3 Å². The van der Waals surface area contributed by atoms with E-state index in [1.165, 1.54) is 10.9 Å². The van der Waals surface area contributed by atoms with E-state index in [4.69, 9.17) is 27.2 Å². The number of hydrogen-bond donors (Lipinski definition) is 4. The lowest BCUT2D eigenvalue weighted by Gasteiger charge is -2.16. The number of fused-ring (bicyclic) bond motifs is 1. The van der Waals surface area contributed by atoms with Crippen LogP contribution in [0.25, 0.3) is 11.2 Å². The molecule has 0 aliphatic carbocycles. The van der Waals surface area contributed by atoms with Crippen molar-refractivity contribution in [2.24, 2.45) is 0 Å². The molecular formula is C10H12ClN5O4. The van der Waals surface area contributed by atoms with Crippen LogP contribution in [0.5, 0.6) is 0 Å². The Bertz CT molecular complexity index is 650. The van der Waals surface area contributed by atoms with Gasteiger partial charge in [0.2, 0.25) is 5.95 Å². The average molecular weight is 302 g/mol. The number of aliphatic hydroxyl groups is 3. The van der Waals surface area contributed by atoms with E-state index in [2.05, 4.69) is 15.0 Å². The zero-order valence-corrected chi connectivity index (χ0v) is 10.8. The second-order valence-electron chi connectivity index (χ2n) is 4.43. The molecule has 0 bridgehead atoms. The van der Waals surface area contributed by atoms with Crippen LogP contribution in [0.4, 0.5) is 5.95 Å². The summed E-state index contributed by atoms with van der Waals surface area (Å²) in [5.74, 6) is -0.0454. The lowest BCUT2D eigenvalue weighted by Crippen LogP contribution is -2.33. The molecule has 1 aliphatic heterocycles. The number of aliphatic hydroxyl groups excluding tert-OH is 3. The smallest absolute Gasteiger partial charge is 0.223 e. The Balaban J connectivity index is 2.07. The molecule has 0 aromatic carbocycles. The number of nitrogen functional groups attached to an aromatic ring is 1. The highest BCUT2D eigenvalue weighted by atomic mass is 35.5. The van der Waals surface area contributed by atoms with Gasteiger partial charge < -0.3 is 25.8 Å². The first kappa shape index (κ1) is 13.5. The normalized spacial score (nSPS) is 30.2. The first-order valence-electron chi connectivity index (χ1n) is 5.81. The SMILES string of the molecule is Nc1nc(Cl)c2ncn([C@H]3O[C@H](CO)[C@@H](O)[C@H]3O)c2n1. The van der Waals surface area contributed by atoms with Gasteiger partial charge in [-0.2, -0.15) is 9.97 Å². The summed E-state index contributed by atoms with van der Waals surface area (Å²) < 4.78 is 6.79. The standard InChI is InChI=1S/C10H12ClN5O4/c11-7-4-8(15-10(12)14-7)16(2-13-4)9-6(19)5(18)3(1-17)20-9/h2-3,5-6,9,17-19H,1H2,(H2,12,14,15)/t3-,5-,6-,9+/m1/s1. The Kier molecular flexibility index (Phi) is 3.22. The molecule has 9 nitrogen and oxygen atoms in total. The lowest BCUT2D eigenvalue weighted by atomic mass is 10.1. The fourth-order valence-electron chi connectivity index (χ4n) is 2.19. The highest BCUT2D eigenvalue weighted by molar-refractivity contribution is 6.33. The summed E-state index contributed by atoms with van der Waals surface area (Å²) in [6, 6.07) is 0. The number of nitrogens with two attached hydrogens (primary N) is 1. The fraction of sp³-hybridized carbons (Fsp3) is 0.500. The molecule has 1 fully saturated rings. The number of rotatable bonds is 2. The van der Waals surface area contributed by atoms with Crippen LogP contribution >= 0.6 is 11.6 Å². The molecule has 0 saturated carbocycles. The summed E-state index contributed by atoms with van der Waals surface area (Å²) >= 11 is 5.90. The molecule has 2 aromatic heterocycles. The quantitative estimate of drug-likeness (QED) is 0.500. The molecule has 1 aliphatic rings. The van der Waals surface area contributed by atoms with Crippen LogP contribution in [0.15, 0.2) is 6.33 Å². The van der Waals surface area contributed by atoms with Gasteiger partial charge in [0.25, 0.3) is 0 Å². The van der Waals surface area contributed by atoms with Gasteiger partial charge in [0.05, 0.1) is 12.9 Å². The summed E-state index contributed by atoms with van der Waals surface area (Å²) in [7, 11) is 0. The number of nitrogens with zero attached hydrogens (tertiary/aromatic N) is 4. The minimum Gasteiger partial charge on any atom is -0.394 e. The van der Waals surface area contributed by atoms with Crippen LogP contribution < -0.4 is 5.73 Å². The molecular weight excluding hydrogens is 290 g/mol. The van der Waals surface area contributed by atoms with Gasteiger partial charge in [0.15, 0.2) is 17.0 Å². The van der Waals surface area contributed by atoms with Crippen molar-refractivity contribution in [1.29, 1.82) is 0 Å². The Labute approximate surface area is 117 Å². The summed E-state index contributed by atoms with van der Waals surface area (Å²) in [5.41, 5.74) is 6.11. The molecule has 0 amide bonds. The molecule has 5 N–H and O–H groups in total. The zero-order chi connectivity index (χ0) is 14.4. The Morgan fingerprint density at radius 1 is 1.35 bits per heavy atom. The van der Waals surface area contributed by atoms with Crippen molar-refractivity contribution < 1.29 is 20.1 Å². The summed E-state index contributed by atoms with van der Waals surface area (Å²) in [4.78, 5) is 11.8. The number of imidazole rings is 1. The highest BCUT2D eigenvalue weighted by Crippen LogP contribution is 2.32. The van der Waals surface area contributed by atoms with Crippen molar-refractivity contribution in [3.63, 3.8) is 0 Å². The van der Waals surface area contributed by atoms with E-state index < -0.39 is 31.1 Å². The summed E-state index contributed by atoms with van der Waals surface area (Å²) in [6.07, 6.45) is -2.93. The molecule has 108 valence electrons. The highest BCUT2D eigenvalue weighted by Gasteiger charge is 2.44. The number of hydrogen-bond acceptors (Lipinski definition) is 8. The topological polar surface area (TPSA) is 140 Å². The number of anilines is 1. The van der Waals surface area contributed by atoms with Crippen LogP contribution in [-0.2, 0) is 4.74 Å². The van der Waals surface area contributed by atoms with Crippen LogP contribution in [0.2, 0.25) is 5.15 Å². The molecule has 4 atom stereocenters. The van der Waals surface area contributed by atoms with Crippen molar-refractivity contribution in [1.82, 2.24) is 19.5 Å². The molecule has 0 radical (unpaired) electrons. The second kappa shape index (κ2) is 4.79. The van der Waals surface area contributed by atoms with E-state index >= 15 is 0 Å². The van der Waals surface area contributed by atoms with Gasteiger partial charge in [-0.15, -0.1) is 0 Å². The number of ether oxygens (including phenoxy) is 1. The van der Waals surface area contributed by atoms with E-state index in [0.29, 0.717) is 5.52 Å². The Morgan fingerprint density at radius 3 is 2.75 bits per heavy atom. The predicted octanol–water partition coefficient (Wildman–Crippen LogP) is -1.33. The van der Waals surface area contributed by atoms with E-state index in [1.54, 1.807) is 0 Å². The van der Waals surface area contributed by atoms with Crippen molar-refractivity contribution in [3.8, 4) is 0 Å². The maximum absolute atomic E-state index is 9.99. The molecule has 0 unspecified atom stereocenters. The van der Waals surface area contributed by atoms with E-state index in [1.807, 2.05) is 0 Å². The van der Waals surface area contributed by atoms with Crippen molar-refractivity contribution >= 4 is 28.7 Å². The van der Waals surface area contributed by atoms with E-state index in [0.717, 1.165) is 0 Å². The third-order valence-electron chi connectivity index (χ3n) is 3.19. The zero-order valence-electron chi connectivity index (χ0n) is 10.1.